The highest BCUT2D eigenvalue weighted by molar-refractivity contribution is 6.21. The number of amides is 1. The molecule has 0 bridgehead atoms. The van der Waals surface area contributed by atoms with E-state index in [1.807, 2.05) is 19.1 Å². The zero-order valence-electron chi connectivity index (χ0n) is 15.3. The van der Waals surface area contributed by atoms with Crippen LogP contribution in [-0.4, -0.2) is 23.6 Å². The number of ketones is 1. The van der Waals surface area contributed by atoms with Gasteiger partial charge in [-0.3, -0.25) is 9.59 Å². The number of nitrogens with one attached hydrogen (secondary N) is 1. The number of carbonyl (C=O) groups excluding carboxylic acids is 2. The van der Waals surface area contributed by atoms with Gasteiger partial charge >= 0.3 is 0 Å². The topological polar surface area (TPSA) is 50.5 Å². The molecule has 0 radical (unpaired) electrons. The van der Waals surface area contributed by atoms with Crippen LogP contribution in [0.4, 0.5) is 5.69 Å². The lowest BCUT2D eigenvalue weighted by Crippen LogP contribution is -2.58. The van der Waals surface area contributed by atoms with Crippen molar-refractivity contribution in [3.05, 3.63) is 53.4 Å². The van der Waals surface area contributed by atoms with Crippen LogP contribution in [0.2, 0.25) is 0 Å². The Bertz CT molecular complexity index is 826. The molecule has 1 aromatic rings. The van der Waals surface area contributed by atoms with Crippen LogP contribution in [0.15, 0.2) is 30.9 Å². The van der Waals surface area contributed by atoms with Crippen molar-refractivity contribution >= 4 is 29.5 Å². The van der Waals surface area contributed by atoms with Crippen molar-refractivity contribution in [1.82, 2.24) is 0 Å². The molecule has 1 saturated carbocycles. The minimum absolute atomic E-state index is 0.0383. The summed E-state index contributed by atoms with van der Waals surface area (Å²) in [7, 11) is 0. The molecule has 136 valence electrons. The number of carbonyl (C=O) groups is 2. The molecule has 0 saturated heterocycles. The normalized spacial score (nSPS) is 34.8. The fraction of sp³-hybridized carbons (Fsp3) is 0.476. The molecule has 0 spiro atoms. The van der Waals surface area contributed by atoms with Gasteiger partial charge in [0.05, 0.1) is 16.5 Å². The molecule has 5 atom stereocenters. The van der Waals surface area contributed by atoms with Crippen LogP contribution in [-0.2, 0) is 10.2 Å². The van der Waals surface area contributed by atoms with E-state index in [-0.39, 0.29) is 22.5 Å². The van der Waals surface area contributed by atoms with Crippen molar-refractivity contribution in [2.24, 2.45) is 17.3 Å². The summed E-state index contributed by atoms with van der Waals surface area (Å²) in [5.74, 6) is -0.585. The standard InChI is InChI=1S/C21H23ClN2O2/c1-6-21(4)15(22)10-13-17(19(21)23-5)18(26)16-12(20(13,2)3)8-7-9-14(16)24-11-25/h6-9,11,13,15,17,19H,1,10H2,2-4H3,(H,24,25)/t13-,15+,17+,19+,21-/m0/s1. The molecule has 1 fully saturated rings. The van der Waals surface area contributed by atoms with Gasteiger partial charge in [-0.2, -0.15) is 0 Å². The Balaban J connectivity index is 2.26. The monoisotopic (exact) mass is 370 g/mol. The molecule has 0 heterocycles. The third-order valence-corrected chi connectivity index (χ3v) is 7.22. The lowest BCUT2D eigenvalue weighted by molar-refractivity contribution is -0.105. The number of alkyl halides is 1. The van der Waals surface area contributed by atoms with E-state index in [2.05, 4.69) is 30.6 Å². The number of halogens is 1. The van der Waals surface area contributed by atoms with Crippen LogP contribution in [0, 0.1) is 23.8 Å². The van der Waals surface area contributed by atoms with Crippen molar-refractivity contribution in [1.29, 1.82) is 0 Å². The summed E-state index contributed by atoms with van der Waals surface area (Å²) in [5.41, 5.74) is 0.962. The summed E-state index contributed by atoms with van der Waals surface area (Å²) in [6.07, 6.45) is 2.96. The predicted molar refractivity (Wildman–Crippen MR) is 103 cm³/mol. The van der Waals surface area contributed by atoms with Crippen LogP contribution >= 0.6 is 11.6 Å². The second kappa shape index (κ2) is 6.25. The third-order valence-electron chi connectivity index (χ3n) is 6.57. The Morgan fingerprint density at radius 1 is 1.38 bits per heavy atom. The summed E-state index contributed by atoms with van der Waals surface area (Å²) < 4.78 is 0. The van der Waals surface area contributed by atoms with Gasteiger partial charge < -0.3 is 10.2 Å². The Labute approximate surface area is 159 Å². The molecule has 0 aliphatic heterocycles. The largest absolute Gasteiger partial charge is 0.328 e. The summed E-state index contributed by atoms with van der Waals surface area (Å²) in [6.45, 7) is 17.8. The maximum atomic E-state index is 13.5. The van der Waals surface area contributed by atoms with Crippen LogP contribution in [0.1, 0.15) is 43.1 Å². The van der Waals surface area contributed by atoms with E-state index < -0.39 is 17.4 Å². The fourth-order valence-electron chi connectivity index (χ4n) is 4.86. The first-order valence-electron chi connectivity index (χ1n) is 8.76. The lowest BCUT2D eigenvalue weighted by Gasteiger charge is -2.52. The zero-order valence-corrected chi connectivity index (χ0v) is 16.0. The Kier molecular flexibility index (Phi) is 4.48. The fourth-order valence-corrected chi connectivity index (χ4v) is 5.27. The number of fused-ring (bicyclic) bond motifs is 2. The molecule has 1 aromatic carbocycles. The second-order valence-corrected chi connectivity index (χ2v) is 8.58. The molecule has 26 heavy (non-hydrogen) atoms. The first-order valence-corrected chi connectivity index (χ1v) is 9.19. The van der Waals surface area contributed by atoms with Crippen LogP contribution in [0.3, 0.4) is 0 Å². The molecule has 1 amide bonds. The van der Waals surface area contributed by atoms with E-state index >= 15 is 0 Å². The van der Waals surface area contributed by atoms with Crippen molar-refractivity contribution in [2.45, 2.75) is 44.0 Å². The van der Waals surface area contributed by atoms with E-state index in [0.717, 1.165) is 5.56 Å². The number of Topliss-reactive ketones (excluding diaryl/α,β-unsaturated/α-hetero) is 1. The summed E-state index contributed by atoms with van der Waals surface area (Å²) in [5, 5.41) is 2.39. The van der Waals surface area contributed by atoms with Gasteiger partial charge in [0, 0.05) is 5.56 Å². The number of hydrogen-bond donors (Lipinski definition) is 1. The molecule has 3 rings (SSSR count). The maximum absolute atomic E-state index is 13.5. The average Bonchev–Trinajstić information content (AvgIpc) is 2.61. The first kappa shape index (κ1) is 18.7. The minimum Gasteiger partial charge on any atom is -0.328 e. The van der Waals surface area contributed by atoms with Gasteiger partial charge in [-0.25, -0.2) is 6.57 Å². The molecule has 0 aromatic heterocycles. The second-order valence-electron chi connectivity index (χ2n) is 8.06. The number of nitrogens with zero attached hydrogens (tertiary/aromatic N) is 1. The van der Waals surface area contributed by atoms with E-state index in [1.54, 1.807) is 12.1 Å². The smallest absolute Gasteiger partial charge is 0.244 e. The highest BCUT2D eigenvalue weighted by Crippen LogP contribution is 2.57. The highest BCUT2D eigenvalue weighted by atomic mass is 35.5. The van der Waals surface area contributed by atoms with Gasteiger partial charge in [-0.15, -0.1) is 18.2 Å². The van der Waals surface area contributed by atoms with Crippen molar-refractivity contribution in [3.8, 4) is 0 Å². The Hall–Kier alpha value is -2.12. The molecule has 2 aliphatic rings. The van der Waals surface area contributed by atoms with E-state index in [1.165, 1.54) is 0 Å². The van der Waals surface area contributed by atoms with Crippen molar-refractivity contribution < 1.29 is 9.59 Å². The summed E-state index contributed by atoms with van der Waals surface area (Å²) in [4.78, 5) is 28.4. The third kappa shape index (κ3) is 2.34. The van der Waals surface area contributed by atoms with Crippen molar-refractivity contribution in [2.75, 3.05) is 5.32 Å². The summed E-state index contributed by atoms with van der Waals surface area (Å²) >= 11 is 6.72. The quantitative estimate of drug-likeness (QED) is 0.370. The molecule has 5 heteroatoms. The van der Waals surface area contributed by atoms with Crippen LogP contribution < -0.4 is 5.32 Å². The Morgan fingerprint density at radius 3 is 2.65 bits per heavy atom. The van der Waals surface area contributed by atoms with Crippen molar-refractivity contribution in [3.63, 3.8) is 0 Å². The molecule has 1 N–H and O–H groups in total. The van der Waals surface area contributed by atoms with Gasteiger partial charge in [-0.1, -0.05) is 32.1 Å². The van der Waals surface area contributed by atoms with E-state index in [4.69, 9.17) is 18.2 Å². The molecule has 0 unspecified atom stereocenters. The lowest BCUT2D eigenvalue weighted by atomic mass is 9.50. The molecule has 4 nitrogen and oxygen atoms in total. The average molecular weight is 371 g/mol. The maximum Gasteiger partial charge on any atom is 0.244 e. The zero-order chi connectivity index (χ0) is 19.3. The van der Waals surface area contributed by atoms with Crippen LogP contribution in [0.5, 0.6) is 0 Å². The molecule has 2 aliphatic carbocycles. The number of benzene rings is 1. The number of anilines is 1. The number of rotatable bonds is 3. The SMILES string of the molecule is [C-]#[N+][C@@H]1[C@H]2C(=O)c3c(NC=O)cccc3C(C)(C)[C@H]2C[C@@H](Cl)[C@]1(C)C=C. The first-order chi connectivity index (χ1) is 12.2. The predicted octanol–water partition coefficient (Wildman–Crippen LogP) is 4.45. The highest BCUT2D eigenvalue weighted by Gasteiger charge is 2.63. The van der Waals surface area contributed by atoms with Crippen LogP contribution in [0.25, 0.3) is 4.85 Å². The van der Waals surface area contributed by atoms with Gasteiger partial charge in [0.25, 0.3) is 0 Å². The van der Waals surface area contributed by atoms with Gasteiger partial charge in [0.1, 0.15) is 5.92 Å². The molecular formula is C21H23ClN2O2. The van der Waals surface area contributed by atoms with Gasteiger partial charge in [0.15, 0.2) is 5.78 Å². The number of hydrogen-bond acceptors (Lipinski definition) is 2. The minimum atomic E-state index is -0.638. The van der Waals surface area contributed by atoms with Gasteiger partial charge in [-0.05, 0) is 36.3 Å². The summed E-state index contributed by atoms with van der Waals surface area (Å²) in [6, 6.07) is 4.94. The van der Waals surface area contributed by atoms with Gasteiger partial charge in [0.2, 0.25) is 12.5 Å². The Morgan fingerprint density at radius 2 is 2.08 bits per heavy atom. The molecular weight excluding hydrogens is 348 g/mol. The van der Waals surface area contributed by atoms with E-state index in [0.29, 0.717) is 24.1 Å². The van der Waals surface area contributed by atoms with E-state index in [9.17, 15) is 9.59 Å².